The molecule has 2 aromatic heterocycles. The molecule has 0 amide bonds. The Morgan fingerprint density at radius 2 is 2.35 bits per heavy atom. The maximum Gasteiger partial charge on any atom is 0.226 e. The second-order valence-electron chi connectivity index (χ2n) is 3.77. The van der Waals surface area contributed by atoms with E-state index in [9.17, 15) is 0 Å². The first-order chi connectivity index (χ1) is 8.20. The molecule has 1 atom stereocenters. The Morgan fingerprint density at radius 3 is 3.12 bits per heavy atom. The molecule has 17 heavy (non-hydrogen) atoms. The van der Waals surface area contributed by atoms with Gasteiger partial charge in [-0.25, -0.2) is 4.98 Å². The van der Waals surface area contributed by atoms with Crippen LogP contribution in [0.2, 0.25) is 5.28 Å². The van der Waals surface area contributed by atoms with E-state index in [1.807, 2.05) is 11.8 Å². The van der Waals surface area contributed by atoms with Crippen molar-refractivity contribution < 1.29 is 0 Å². The largest absolute Gasteiger partial charge is 0.366 e. The molecule has 5 nitrogen and oxygen atoms in total. The highest BCUT2D eigenvalue weighted by atomic mass is 35.5. The van der Waals surface area contributed by atoms with Crippen molar-refractivity contribution in [3.63, 3.8) is 0 Å². The molecule has 2 heterocycles. The number of hydrogen-bond donors (Lipinski definition) is 2. The number of H-pyrrole nitrogens is 1. The molecule has 0 bridgehead atoms. The average molecular weight is 272 g/mol. The van der Waals surface area contributed by atoms with Crippen molar-refractivity contribution in [2.24, 2.45) is 0 Å². The minimum Gasteiger partial charge on any atom is -0.366 e. The fourth-order valence-electron chi connectivity index (χ4n) is 1.51. The van der Waals surface area contributed by atoms with Gasteiger partial charge in [-0.1, -0.05) is 0 Å². The van der Waals surface area contributed by atoms with Crippen molar-refractivity contribution in [3.8, 4) is 0 Å². The summed E-state index contributed by atoms with van der Waals surface area (Å²) in [6.07, 6.45) is 4.76. The molecule has 0 spiro atoms. The highest BCUT2D eigenvalue weighted by Crippen LogP contribution is 2.19. The summed E-state index contributed by atoms with van der Waals surface area (Å²) >= 11 is 7.68. The summed E-state index contributed by atoms with van der Waals surface area (Å²) in [7, 11) is 0. The highest BCUT2D eigenvalue weighted by Gasteiger charge is 2.10. The predicted molar refractivity (Wildman–Crippen MR) is 72.8 cm³/mol. The Labute approximate surface area is 109 Å². The third kappa shape index (κ3) is 3.01. The van der Waals surface area contributed by atoms with Gasteiger partial charge in [-0.05, 0) is 37.0 Å². The first-order valence-corrected chi connectivity index (χ1v) is 7.10. The quantitative estimate of drug-likeness (QED) is 0.818. The smallest absolute Gasteiger partial charge is 0.226 e. The SMILES string of the molecule is CSCCC(C)Nc1nc(Cl)nc2nc[nH]c12. The molecule has 7 heteroatoms. The Bertz CT molecular complexity index is 500. The van der Waals surface area contributed by atoms with Gasteiger partial charge in [-0.3, -0.25) is 0 Å². The van der Waals surface area contributed by atoms with E-state index >= 15 is 0 Å². The second kappa shape index (κ2) is 5.55. The number of anilines is 1. The van der Waals surface area contributed by atoms with Crippen molar-refractivity contribution in [1.82, 2.24) is 19.9 Å². The van der Waals surface area contributed by atoms with Crippen molar-refractivity contribution in [3.05, 3.63) is 11.6 Å². The maximum absolute atomic E-state index is 5.85. The summed E-state index contributed by atoms with van der Waals surface area (Å²) in [5.74, 6) is 1.82. The number of nitrogens with one attached hydrogen (secondary N) is 2. The fraction of sp³-hybridized carbons (Fsp3) is 0.500. The zero-order valence-corrected chi connectivity index (χ0v) is 11.3. The number of nitrogens with zero attached hydrogens (tertiary/aromatic N) is 3. The number of halogens is 1. The van der Waals surface area contributed by atoms with Crippen LogP contribution in [0.5, 0.6) is 0 Å². The van der Waals surface area contributed by atoms with Crippen LogP contribution >= 0.6 is 23.4 Å². The first kappa shape index (κ1) is 12.4. The van der Waals surface area contributed by atoms with Crippen molar-refractivity contribution in [2.75, 3.05) is 17.3 Å². The maximum atomic E-state index is 5.85. The molecule has 2 aromatic rings. The van der Waals surface area contributed by atoms with E-state index in [0.717, 1.165) is 17.7 Å². The molecule has 2 rings (SSSR count). The number of rotatable bonds is 5. The fourth-order valence-corrected chi connectivity index (χ4v) is 2.27. The van der Waals surface area contributed by atoms with Crippen molar-refractivity contribution in [2.45, 2.75) is 19.4 Å². The van der Waals surface area contributed by atoms with E-state index in [1.165, 1.54) is 0 Å². The van der Waals surface area contributed by atoms with Crippen LogP contribution in [0, 0.1) is 0 Å². The number of thioether (sulfide) groups is 1. The topological polar surface area (TPSA) is 66.5 Å². The number of fused-ring (bicyclic) bond motifs is 1. The summed E-state index contributed by atoms with van der Waals surface area (Å²) < 4.78 is 0. The van der Waals surface area contributed by atoms with Gasteiger partial charge in [0.25, 0.3) is 0 Å². The number of aromatic nitrogens is 4. The summed E-state index contributed by atoms with van der Waals surface area (Å²) in [4.78, 5) is 15.3. The van der Waals surface area contributed by atoms with Gasteiger partial charge in [0.1, 0.15) is 5.52 Å². The van der Waals surface area contributed by atoms with Crippen LogP contribution in [-0.2, 0) is 0 Å². The molecular formula is C10H14ClN5S. The molecule has 0 radical (unpaired) electrons. The molecule has 0 saturated heterocycles. The van der Waals surface area contributed by atoms with Gasteiger partial charge >= 0.3 is 0 Å². The summed E-state index contributed by atoms with van der Waals surface area (Å²) in [6, 6.07) is 0.333. The lowest BCUT2D eigenvalue weighted by Crippen LogP contribution is -2.17. The Kier molecular flexibility index (Phi) is 4.06. The van der Waals surface area contributed by atoms with Crippen LogP contribution in [0.1, 0.15) is 13.3 Å². The van der Waals surface area contributed by atoms with E-state index in [-0.39, 0.29) is 5.28 Å². The third-order valence-corrected chi connectivity index (χ3v) is 3.21. The highest BCUT2D eigenvalue weighted by molar-refractivity contribution is 7.98. The van der Waals surface area contributed by atoms with Crippen molar-refractivity contribution in [1.29, 1.82) is 0 Å². The van der Waals surface area contributed by atoms with E-state index in [1.54, 1.807) is 6.33 Å². The molecule has 2 N–H and O–H groups in total. The zero-order valence-electron chi connectivity index (χ0n) is 9.70. The van der Waals surface area contributed by atoms with Gasteiger partial charge in [0.2, 0.25) is 5.28 Å². The van der Waals surface area contributed by atoms with Crippen molar-refractivity contribution >= 4 is 40.3 Å². The minimum atomic E-state index is 0.212. The van der Waals surface area contributed by atoms with E-state index in [0.29, 0.717) is 17.5 Å². The third-order valence-electron chi connectivity index (χ3n) is 2.40. The monoisotopic (exact) mass is 271 g/mol. The average Bonchev–Trinajstić information content (AvgIpc) is 2.74. The molecule has 0 aliphatic carbocycles. The summed E-state index contributed by atoms with van der Waals surface area (Å²) in [5, 5.41) is 3.54. The summed E-state index contributed by atoms with van der Waals surface area (Å²) in [6.45, 7) is 2.12. The van der Waals surface area contributed by atoms with Crippen LogP contribution in [-0.4, -0.2) is 38.0 Å². The Morgan fingerprint density at radius 1 is 1.53 bits per heavy atom. The molecule has 0 aromatic carbocycles. The van der Waals surface area contributed by atoms with Gasteiger partial charge < -0.3 is 10.3 Å². The Balaban J connectivity index is 2.19. The van der Waals surface area contributed by atoms with Crippen LogP contribution in [0.4, 0.5) is 5.82 Å². The molecule has 0 saturated carbocycles. The van der Waals surface area contributed by atoms with Gasteiger partial charge in [0.15, 0.2) is 11.5 Å². The second-order valence-corrected chi connectivity index (χ2v) is 5.09. The van der Waals surface area contributed by atoms with Crippen LogP contribution in [0.15, 0.2) is 6.33 Å². The van der Waals surface area contributed by atoms with E-state index in [4.69, 9.17) is 11.6 Å². The molecule has 0 aliphatic heterocycles. The van der Waals surface area contributed by atoms with E-state index < -0.39 is 0 Å². The molecule has 92 valence electrons. The van der Waals surface area contributed by atoms with Gasteiger partial charge in [0, 0.05) is 6.04 Å². The predicted octanol–water partition coefficient (Wildman–Crippen LogP) is 2.56. The van der Waals surface area contributed by atoms with Crippen LogP contribution in [0.25, 0.3) is 11.2 Å². The molecule has 0 fully saturated rings. The summed E-state index contributed by atoms with van der Waals surface area (Å²) in [5.41, 5.74) is 1.38. The number of imidazole rings is 1. The van der Waals surface area contributed by atoms with E-state index in [2.05, 4.69) is 38.4 Å². The first-order valence-electron chi connectivity index (χ1n) is 5.33. The van der Waals surface area contributed by atoms with Gasteiger partial charge in [-0.2, -0.15) is 21.7 Å². The normalized spacial score (nSPS) is 12.9. The lowest BCUT2D eigenvalue weighted by molar-refractivity contribution is 0.767. The minimum absolute atomic E-state index is 0.212. The Hall–Kier alpha value is -1.01. The number of hydrogen-bond acceptors (Lipinski definition) is 5. The van der Waals surface area contributed by atoms with Gasteiger partial charge in [0.05, 0.1) is 6.33 Å². The standard InChI is InChI=1S/C10H14ClN5S/c1-6(3-4-17-2)14-9-7-8(13-5-12-7)15-10(11)16-9/h5-6H,3-4H2,1-2H3,(H2,12,13,14,15,16). The molecular weight excluding hydrogens is 258 g/mol. The lowest BCUT2D eigenvalue weighted by Gasteiger charge is -2.14. The van der Waals surface area contributed by atoms with Crippen LogP contribution in [0.3, 0.4) is 0 Å². The van der Waals surface area contributed by atoms with Crippen LogP contribution < -0.4 is 5.32 Å². The molecule has 1 unspecified atom stereocenters. The van der Waals surface area contributed by atoms with Gasteiger partial charge in [-0.15, -0.1) is 0 Å². The zero-order chi connectivity index (χ0) is 12.3. The molecule has 0 aliphatic rings. The number of aromatic amines is 1. The lowest BCUT2D eigenvalue weighted by atomic mass is 10.2.